The lowest BCUT2D eigenvalue weighted by molar-refractivity contribution is -0.458. The molecule has 162 valence electrons. The van der Waals surface area contributed by atoms with Crippen molar-refractivity contribution in [3.8, 4) is 0 Å². The van der Waals surface area contributed by atoms with Gasteiger partial charge in [0.2, 0.25) is 0 Å². The van der Waals surface area contributed by atoms with Gasteiger partial charge in [-0.05, 0) is 0 Å². The summed E-state index contributed by atoms with van der Waals surface area (Å²) < 4.78 is 195. The highest BCUT2D eigenvalue weighted by molar-refractivity contribution is 5.10. The molecule has 0 amide bonds. The molecule has 0 unspecified atom stereocenters. The molecule has 0 N–H and O–H groups in total. The predicted octanol–water partition coefficient (Wildman–Crippen LogP) is 5.91. The van der Waals surface area contributed by atoms with Crippen molar-refractivity contribution < 1.29 is 70.6 Å². The van der Waals surface area contributed by atoms with Crippen LogP contribution >= 0.6 is 0 Å². The summed E-state index contributed by atoms with van der Waals surface area (Å²) in [6.07, 6.45) is -16.9. The van der Waals surface area contributed by atoms with Gasteiger partial charge in [0.1, 0.15) is 6.42 Å². The molecule has 0 spiro atoms. The molecule has 0 fully saturated rings. The Morgan fingerprint density at radius 1 is 0.593 bits per heavy atom. The van der Waals surface area contributed by atoms with Crippen LogP contribution in [0.15, 0.2) is 12.7 Å². The summed E-state index contributed by atoms with van der Waals surface area (Å²) in [6, 6.07) is 0. The SMILES string of the molecule is C=CCOC(F)(F)C(F)(F)C(F)(F)C(F)(F)C(F)(F)C(F)(F)CC(F)(F)F. The van der Waals surface area contributed by atoms with Crippen molar-refractivity contribution >= 4 is 0 Å². The van der Waals surface area contributed by atoms with Gasteiger partial charge in [0.15, 0.2) is 0 Å². The van der Waals surface area contributed by atoms with Crippen molar-refractivity contribution in [3.05, 3.63) is 12.7 Å². The molecule has 0 bridgehead atoms. The molecule has 0 radical (unpaired) electrons. The molecular formula is C11H7F15O. The fourth-order valence-corrected chi connectivity index (χ4v) is 1.42. The van der Waals surface area contributed by atoms with Gasteiger partial charge in [-0.25, -0.2) is 0 Å². The molecule has 0 aromatic rings. The van der Waals surface area contributed by atoms with Crippen molar-refractivity contribution in [2.75, 3.05) is 6.61 Å². The van der Waals surface area contributed by atoms with Crippen molar-refractivity contribution in [2.24, 2.45) is 0 Å². The first-order valence-electron chi connectivity index (χ1n) is 6.10. The zero-order valence-corrected chi connectivity index (χ0v) is 12.3. The Labute approximate surface area is 139 Å². The quantitative estimate of drug-likeness (QED) is 0.320. The van der Waals surface area contributed by atoms with Crippen LogP contribution in [0.25, 0.3) is 0 Å². The van der Waals surface area contributed by atoms with Crippen molar-refractivity contribution in [1.82, 2.24) is 0 Å². The number of halogens is 15. The molecule has 0 aromatic heterocycles. The molecule has 0 atom stereocenters. The lowest BCUT2D eigenvalue weighted by Gasteiger charge is -2.41. The number of rotatable bonds is 9. The van der Waals surface area contributed by atoms with Gasteiger partial charge in [-0.1, -0.05) is 6.08 Å². The van der Waals surface area contributed by atoms with Gasteiger partial charge < -0.3 is 4.74 Å². The second-order valence-electron chi connectivity index (χ2n) is 4.91. The fraction of sp³-hybridized carbons (Fsp3) is 0.818. The zero-order valence-electron chi connectivity index (χ0n) is 12.3. The van der Waals surface area contributed by atoms with Crippen LogP contribution in [0.3, 0.4) is 0 Å². The summed E-state index contributed by atoms with van der Waals surface area (Å²) in [5, 5.41) is 0. The van der Waals surface area contributed by atoms with Crippen LogP contribution in [0.2, 0.25) is 0 Å². The van der Waals surface area contributed by atoms with Gasteiger partial charge in [0, 0.05) is 0 Å². The molecule has 0 aliphatic heterocycles. The molecule has 1 nitrogen and oxygen atoms in total. The van der Waals surface area contributed by atoms with Crippen molar-refractivity contribution in [3.63, 3.8) is 0 Å². The van der Waals surface area contributed by atoms with Crippen LogP contribution in [0, 0.1) is 0 Å². The Bertz CT molecular complexity index is 532. The van der Waals surface area contributed by atoms with E-state index in [1.54, 1.807) is 0 Å². The molecule has 0 heterocycles. The third-order valence-corrected chi connectivity index (χ3v) is 2.81. The average molecular weight is 440 g/mol. The third kappa shape index (κ3) is 4.23. The van der Waals surface area contributed by atoms with Gasteiger partial charge in [-0.3, -0.25) is 0 Å². The highest BCUT2D eigenvalue weighted by atomic mass is 19.4. The molecule has 0 saturated heterocycles. The van der Waals surface area contributed by atoms with Crippen LogP contribution < -0.4 is 0 Å². The normalized spacial score (nSPS) is 15.8. The van der Waals surface area contributed by atoms with E-state index in [-0.39, 0.29) is 6.08 Å². The Morgan fingerprint density at radius 3 is 1.30 bits per heavy atom. The Morgan fingerprint density at radius 2 is 0.963 bits per heavy atom. The monoisotopic (exact) mass is 440 g/mol. The fourth-order valence-electron chi connectivity index (χ4n) is 1.42. The molecule has 16 heteroatoms. The molecule has 0 aliphatic rings. The molecule has 0 aromatic carbocycles. The van der Waals surface area contributed by atoms with Crippen molar-refractivity contribution in [1.29, 1.82) is 0 Å². The lowest BCUT2D eigenvalue weighted by Crippen LogP contribution is -2.71. The lowest BCUT2D eigenvalue weighted by atomic mass is 9.92. The number of ether oxygens (including phenoxy) is 1. The standard InChI is InChI=1S/C11H7F15O/c1-2-3-27-11(25,26)10(23,24)9(21,22)8(19,20)7(17,18)5(12,13)4-6(14,15)16/h2H,1,3-4H2. The maximum atomic E-state index is 13.2. The van der Waals surface area contributed by atoms with E-state index >= 15 is 0 Å². The highest BCUT2D eigenvalue weighted by Gasteiger charge is 2.91. The highest BCUT2D eigenvalue weighted by Crippen LogP contribution is 2.61. The van der Waals surface area contributed by atoms with Gasteiger partial charge in [-0.2, -0.15) is 65.9 Å². The Balaban J connectivity index is 6.25. The molecule has 0 aliphatic carbocycles. The summed E-state index contributed by atoms with van der Waals surface area (Å²) >= 11 is 0. The first-order valence-corrected chi connectivity index (χ1v) is 6.10. The number of alkyl halides is 15. The second-order valence-corrected chi connectivity index (χ2v) is 4.91. The van der Waals surface area contributed by atoms with Crippen molar-refractivity contribution in [2.45, 2.75) is 48.3 Å². The minimum Gasteiger partial charge on any atom is -0.311 e. The molecule has 0 rings (SSSR count). The number of hydrogen-bond donors (Lipinski definition) is 0. The molecular weight excluding hydrogens is 433 g/mol. The van der Waals surface area contributed by atoms with E-state index in [0.717, 1.165) is 0 Å². The molecule has 0 saturated carbocycles. The summed E-state index contributed by atoms with van der Waals surface area (Å²) in [5.41, 5.74) is 0. The van der Waals surface area contributed by atoms with Gasteiger partial charge >= 0.3 is 41.9 Å². The maximum Gasteiger partial charge on any atom is 0.426 e. The van der Waals surface area contributed by atoms with Gasteiger partial charge in [0.25, 0.3) is 0 Å². The van der Waals surface area contributed by atoms with Gasteiger partial charge in [-0.15, -0.1) is 6.58 Å². The maximum absolute atomic E-state index is 13.2. The minimum atomic E-state index is -8.07. The van der Waals surface area contributed by atoms with Crippen LogP contribution in [-0.2, 0) is 4.74 Å². The van der Waals surface area contributed by atoms with E-state index in [9.17, 15) is 65.9 Å². The summed E-state index contributed by atoms with van der Waals surface area (Å²) in [5.74, 6) is -38.5. The topological polar surface area (TPSA) is 9.23 Å². The average Bonchev–Trinajstić information content (AvgIpc) is 2.41. The number of hydrogen-bond acceptors (Lipinski definition) is 1. The van der Waals surface area contributed by atoms with E-state index in [4.69, 9.17) is 0 Å². The first kappa shape index (κ1) is 25.6. The van der Waals surface area contributed by atoms with E-state index in [2.05, 4.69) is 11.3 Å². The van der Waals surface area contributed by atoms with Crippen LogP contribution in [0.4, 0.5) is 65.9 Å². The van der Waals surface area contributed by atoms with Gasteiger partial charge in [0.05, 0.1) is 6.61 Å². The molecule has 27 heavy (non-hydrogen) atoms. The summed E-state index contributed by atoms with van der Waals surface area (Å²) in [4.78, 5) is 0. The van der Waals surface area contributed by atoms with E-state index in [1.165, 1.54) is 0 Å². The zero-order chi connectivity index (χ0) is 22.3. The van der Waals surface area contributed by atoms with Crippen LogP contribution in [0.1, 0.15) is 6.42 Å². The van der Waals surface area contributed by atoms with Crippen LogP contribution in [-0.4, -0.2) is 48.5 Å². The first-order chi connectivity index (χ1) is 11.5. The smallest absolute Gasteiger partial charge is 0.311 e. The largest absolute Gasteiger partial charge is 0.426 e. The third-order valence-electron chi connectivity index (χ3n) is 2.81. The second kappa shape index (κ2) is 6.92. The van der Waals surface area contributed by atoms with E-state index in [0.29, 0.717) is 0 Å². The predicted molar refractivity (Wildman–Crippen MR) is 56.5 cm³/mol. The Hall–Kier alpha value is -1.35. The van der Waals surface area contributed by atoms with E-state index < -0.39 is 54.9 Å². The summed E-state index contributed by atoms with van der Waals surface area (Å²) in [6.45, 7) is 0.894. The summed E-state index contributed by atoms with van der Waals surface area (Å²) in [7, 11) is 0. The van der Waals surface area contributed by atoms with Crippen LogP contribution in [0.5, 0.6) is 0 Å². The minimum absolute atomic E-state index is 0.215. The Kier molecular flexibility index (Phi) is 6.57. The van der Waals surface area contributed by atoms with E-state index in [1.807, 2.05) is 0 Å².